The lowest BCUT2D eigenvalue weighted by Gasteiger charge is -2.34. The van der Waals surface area contributed by atoms with E-state index < -0.39 is 0 Å². The van der Waals surface area contributed by atoms with Crippen LogP contribution in [0.3, 0.4) is 0 Å². The molecule has 1 heterocycles. The number of rotatable bonds is 3. The smallest absolute Gasteiger partial charge is 0.222 e. The second-order valence-corrected chi connectivity index (χ2v) is 5.99. The van der Waals surface area contributed by atoms with Gasteiger partial charge in [-0.25, -0.2) is 0 Å². The first-order valence-corrected chi connectivity index (χ1v) is 7.13. The summed E-state index contributed by atoms with van der Waals surface area (Å²) in [5, 5.41) is 3.33. The largest absolute Gasteiger partial charge is 0.343 e. The van der Waals surface area contributed by atoms with E-state index in [-0.39, 0.29) is 12.4 Å². The van der Waals surface area contributed by atoms with Crippen LogP contribution >= 0.6 is 12.4 Å². The van der Waals surface area contributed by atoms with E-state index in [0.29, 0.717) is 17.9 Å². The van der Waals surface area contributed by atoms with Crippen molar-refractivity contribution in [2.75, 3.05) is 20.1 Å². The highest BCUT2D eigenvalue weighted by atomic mass is 35.5. The summed E-state index contributed by atoms with van der Waals surface area (Å²) in [6.07, 6.45) is 6.94. The number of hydrogen-bond donors (Lipinski definition) is 1. The quantitative estimate of drug-likeness (QED) is 0.857. The molecule has 3 atom stereocenters. The number of halogens is 1. The van der Waals surface area contributed by atoms with Crippen LogP contribution in [-0.4, -0.2) is 37.0 Å². The molecule has 0 spiro atoms. The van der Waals surface area contributed by atoms with Gasteiger partial charge in [0.1, 0.15) is 0 Å². The van der Waals surface area contributed by atoms with Crippen LogP contribution in [0.1, 0.15) is 45.4 Å². The van der Waals surface area contributed by atoms with Gasteiger partial charge in [0.2, 0.25) is 5.91 Å². The molecule has 1 aliphatic carbocycles. The molecule has 4 heteroatoms. The maximum atomic E-state index is 12.2. The first-order valence-electron chi connectivity index (χ1n) is 7.13. The lowest BCUT2D eigenvalue weighted by Crippen LogP contribution is -2.40. The molecule has 0 aromatic rings. The van der Waals surface area contributed by atoms with Gasteiger partial charge in [-0.3, -0.25) is 4.79 Å². The van der Waals surface area contributed by atoms with Crippen LogP contribution in [0, 0.1) is 11.8 Å². The normalized spacial score (nSPS) is 31.8. The van der Waals surface area contributed by atoms with E-state index in [0.717, 1.165) is 25.4 Å². The molecule has 2 fully saturated rings. The van der Waals surface area contributed by atoms with Crippen molar-refractivity contribution in [3.05, 3.63) is 0 Å². The number of nitrogens with one attached hydrogen (secondary N) is 1. The van der Waals surface area contributed by atoms with Crippen LogP contribution in [0.2, 0.25) is 0 Å². The van der Waals surface area contributed by atoms with Gasteiger partial charge in [-0.05, 0) is 44.2 Å². The van der Waals surface area contributed by atoms with Crippen molar-refractivity contribution in [2.24, 2.45) is 11.8 Å². The number of amides is 1. The van der Waals surface area contributed by atoms with E-state index >= 15 is 0 Å². The molecule has 3 nitrogen and oxygen atoms in total. The zero-order valence-corrected chi connectivity index (χ0v) is 12.5. The Morgan fingerprint density at radius 2 is 2.11 bits per heavy atom. The molecule has 1 saturated carbocycles. The number of carbonyl (C=O) groups excluding carboxylic acids is 1. The van der Waals surface area contributed by atoms with E-state index in [1.165, 1.54) is 32.1 Å². The van der Waals surface area contributed by atoms with Crippen molar-refractivity contribution in [2.45, 2.75) is 51.5 Å². The molecule has 1 saturated heterocycles. The Morgan fingerprint density at radius 1 is 1.33 bits per heavy atom. The van der Waals surface area contributed by atoms with E-state index in [9.17, 15) is 4.79 Å². The van der Waals surface area contributed by atoms with Gasteiger partial charge in [0.25, 0.3) is 0 Å². The third-order valence-electron chi connectivity index (χ3n) is 4.48. The zero-order valence-electron chi connectivity index (χ0n) is 11.7. The number of nitrogens with zero attached hydrogens (tertiary/aromatic N) is 1. The third-order valence-corrected chi connectivity index (χ3v) is 4.48. The maximum Gasteiger partial charge on any atom is 0.222 e. The molecule has 0 aromatic carbocycles. The van der Waals surface area contributed by atoms with Gasteiger partial charge in [-0.15, -0.1) is 12.4 Å². The van der Waals surface area contributed by atoms with Gasteiger partial charge in [0.15, 0.2) is 0 Å². The molecule has 0 radical (unpaired) electrons. The summed E-state index contributed by atoms with van der Waals surface area (Å²) in [5.41, 5.74) is 0. The SMILES string of the molecule is CC1CCCC(N(C)C(=O)CC2CCNC2)C1.Cl. The fourth-order valence-corrected chi connectivity index (χ4v) is 3.24. The summed E-state index contributed by atoms with van der Waals surface area (Å²) >= 11 is 0. The first-order chi connectivity index (χ1) is 8.16. The van der Waals surface area contributed by atoms with Gasteiger partial charge in [0.05, 0.1) is 0 Å². The fourth-order valence-electron chi connectivity index (χ4n) is 3.24. The molecule has 1 N–H and O–H groups in total. The highest BCUT2D eigenvalue weighted by Gasteiger charge is 2.27. The fraction of sp³-hybridized carbons (Fsp3) is 0.929. The maximum absolute atomic E-state index is 12.2. The summed E-state index contributed by atoms with van der Waals surface area (Å²) < 4.78 is 0. The molecular weight excluding hydrogens is 248 g/mol. The van der Waals surface area contributed by atoms with Crippen molar-refractivity contribution in [3.8, 4) is 0 Å². The van der Waals surface area contributed by atoms with Crippen molar-refractivity contribution in [1.29, 1.82) is 0 Å². The van der Waals surface area contributed by atoms with E-state index in [2.05, 4.69) is 12.2 Å². The summed E-state index contributed by atoms with van der Waals surface area (Å²) in [4.78, 5) is 14.2. The predicted octanol–water partition coefficient (Wildman–Crippen LogP) is 2.44. The Kier molecular flexibility index (Phi) is 6.44. The van der Waals surface area contributed by atoms with Crippen LogP contribution in [0.25, 0.3) is 0 Å². The molecule has 3 unspecified atom stereocenters. The number of carbonyl (C=O) groups is 1. The second-order valence-electron chi connectivity index (χ2n) is 5.99. The molecule has 0 aromatic heterocycles. The average Bonchev–Trinajstić information content (AvgIpc) is 2.80. The monoisotopic (exact) mass is 274 g/mol. The zero-order chi connectivity index (χ0) is 12.3. The Balaban J connectivity index is 0.00000162. The third kappa shape index (κ3) is 4.13. The summed E-state index contributed by atoms with van der Waals surface area (Å²) in [6.45, 7) is 4.42. The van der Waals surface area contributed by atoms with Gasteiger partial charge in [-0.1, -0.05) is 19.8 Å². The summed E-state index contributed by atoms with van der Waals surface area (Å²) in [5.74, 6) is 1.72. The van der Waals surface area contributed by atoms with Crippen LogP contribution in [0.5, 0.6) is 0 Å². The minimum atomic E-state index is 0. The molecule has 0 bridgehead atoms. The Labute approximate surface area is 117 Å². The highest BCUT2D eigenvalue weighted by molar-refractivity contribution is 5.85. The standard InChI is InChI=1S/C14H26N2O.ClH/c1-11-4-3-5-13(8-11)16(2)14(17)9-12-6-7-15-10-12;/h11-13,15H,3-10H2,1-2H3;1H. The topological polar surface area (TPSA) is 32.3 Å². The van der Waals surface area contributed by atoms with E-state index in [1.54, 1.807) is 0 Å². The molecule has 106 valence electrons. The summed E-state index contributed by atoms with van der Waals surface area (Å²) in [7, 11) is 2.01. The highest BCUT2D eigenvalue weighted by Crippen LogP contribution is 2.27. The van der Waals surface area contributed by atoms with E-state index in [4.69, 9.17) is 0 Å². The Morgan fingerprint density at radius 3 is 2.72 bits per heavy atom. The average molecular weight is 275 g/mol. The molecule has 2 rings (SSSR count). The van der Waals surface area contributed by atoms with Crippen molar-refractivity contribution < 1.29 is 4.79 Å². The van der Waals surface area contributed by atoms with Crippen molar-refractivity contribution in [1.82, 2.24) is 10.2 Å². The Bertz CT molecular complexity index is 267. The molecule has 18 heavy (non-hydrogen) atoms. The number of hydrogen-bond acceptors (Lipinski definition) is 2. The van der Waals surface area contributed by atoms with Crippen molar-refractivity contribution in [3.63, 3.8) is 0 Å². The van der Waals surface area contributed by atoms with Crippen molar-refractivity contribution >= 4 is 18.3 Å². The van der Waals surface area contributed by atoms with Crippen LogP contribution < -0.4 is 5.32 Å². The van der Waals surface area contributed by atoms with Crippen LogP contribution in [0.4, 0.5) is 0 Å². The Hall–Kier alpha value is -0.280. The lowest BCUT2D eigenvalue weighted by molar-refractivity contribution is -0.133. The molecule has 1 aliphatic heterocycles. The van der Waals surface area contributed by atoms with Gasteiger partial charge in [-0.2, -0.15) is 0 Å². The van der Waals surface area contributed by atoms with Gasteiger partial charge < -0.3 is 10.2 Å². The molecule has 2 aliphatic rings. The second kappa shape index (κ2) is 7.34. The molecular formula is C14H27ClN2O. The van der Waals surface area contributed by atoms with Gasteiger partial charge >= 0.3 is 0 Å². The van der Waals surface area contributed by atoms with E-state index in [1.807, 2.05) is 11.9 Å². The summed E-state index contributed by atoms with van der Waals surface area (Å²) in [6, 6.07) is 0.501. The van der Waals surface area contributed by atoms with Crippen LogP contribution in [0.15, 0.2) is 0 Å². The van der Waals surface area contributed by atoms with Crippen LogP contribution in [-0.2, 0) is 4.79 Å². The molecule has 1 amide bonds. The predicted molar refractivity (Wildman–Crippen MR) is 77.0 cm³/mol. The first kappa shape index (κ1) is 15.8. The lowest BCUT2D eigenvalue weighted by atomic mass is 9.86. The minimum absolute atomic E-state index is 0. The minimum Gasteiger partial charge on any atom is -0.343 e. The van der Waals surface area contributed by atoms with Gasteiger partial charge in [0, 0.05) is 19.5 Å².